The summed E-state index contributed by atoms with van der Waals surface area (Å²) >= 11 is 7.32. The van der Waals surface area contributed by atoms with Gasteiger partial charge in [-0.2, -0.15) is 0 Å². The Hall–Kier alpha value is -2.31. The average molecular weight is 387 g/mol. The number of nitrogens with one attached hydrogen (secondary N) is 1. The molecular weight excluding hydrogens is 368 g/mol. The number of rotatable bonds is 6. The number of hydrogen-bond donors (Lipinski definition) is 1. The van der Waals surface area contributed by atoms with Gasteiger partial charge in [0.15, 0.2) is 5.16 Å². The summed E-state index contributed by atoms with van der Waals surface area (Å²) in [7, 11) is 0. The minimum absolute atomic E-state index is 0.0904. The van der Waals surface area contributed by atoms with Gasteiger partial charge in [0.25, 0.3) is 0 Å². The summed E-state index contributed by atoms with van der Waals surface area (Å²) in [4.78, 5) is 12.3. The van der Waals surface area contributed by atoms with E-state index in [9.17, 15) is 4.79 Å². The Morgan fingerprint density at radius 2 is 1.92 bits per heavy atom. The summed E-state index contributed by atoms with van der Waals surface area (Å²) in [6.45, 7) is 4.51. The zero-order valence-electron chi connectivity index (χ0n) is 14.6. The third-order valence-electron chi connectivity index (χ3n) is 3.88. The normalized spacial score (nSPS) is 10.7. The Morgan fingerprint density at radius 1 is 1.15 bits per heavy atom. The Morgan fingerprint density at radius 3 is 2.65 bits per heavy atom. The molecule has 134 valence electrons. The van der Waals surface area contributed by atoms with Gasteiger partial charge in [0.1, 0.15) is 5.82 Å². The van der Waals surface area contributed by atoms with Gasteiger partial charge in [-0.1, -0.05) is 53.7 Å². The predicted molar refractivity (Wildman–Crippen MR) is 106 cm³/mol. The van der Waals surface area contributed by atoms with Gasteiger partial charge < -0.3 is 9.88 Å². The molecule has 0 radical (unpaired) electrons. The summed E-state index contributed by atoms with van der Waals surface area (Å²) in [5.74, 6) is 0.993. The molecule has 1 N–H and O–H groups in total. The Bertz CT molecular complexity index is 911. The molecule has 0 aliphatic heterocycles. The summed E-state index contributed by atoms with van der Waals surface area (Å²) in [6, 6.07) is 15.5. The van der Waals surface area contributed by atoms with E-state index in [0.717, 1.165) is 22.2 Å². The molecule has 0 fully saturated rings. The summed E-state index contributed by atoms with van der Waals surface area (Å²) < 4.78 is 2.01. The molecule has 0 spiro atoms. The molecule has 7 heteroatoms. The number of halogens is 1. The van der Waals surface area contributed by atoms with Crippen molar-refractivity contribution < 1.29 is 4.79 Å². The lowest BCUT2D eigenvalue weighted by Gasteiger charge is -2.10. The van der Waals surface area contributed by atoms with Crippen LogP contribution in [0.3, 0.4) is 0 Å². The van der Waals surface area contributed by atoms with E-state index in [0.29, 0.717) is 11.6 Å². The zero-order chi connectivity index (χ0) is 18.5. The van der Waals surface area contributed by atoms with Crippen LogP contribution >= 0.6 is 23.4 Å². The van der Waals surface area contributed by atoms with Crippen LogP contribution in [0.25, 0.3) is 0 Å². The van der Waals surface area contributed by atoms with Gasteiger partial charge in [0, 0.05) is 10.7 Å². The summed E-state index contributed by atoms with van der Waals surface area (Å²) in [5.41, 5.74) is 2.86. The fourth-order valence-corrected chi connectivity index (χ4v) is 3.51. The van der Waals surface area contributed by atoms with E-state index < -0.39 is 0 Å². The number of thioether (sulfide) groups is 1. The Balaban J connectivity index is 1.63. The number of benzene rings is 2. The van der Waals surface area contributed by atoms with Gasteiger partial charge in [-0.15, -0.1) is 10.2 Å². The number of carbonyl (C=O) groups is 1. The average Bonchev–Trinajstić information content (AvgIpc) is 2.97. The number of carbonyl (C=O) groups excluding carboxylic acids is 1. The Kier molecular flexibility index (Phi) is 5.96. The third-order valence-corrected chi connectivity index (χ3v) is 5.08. The number of amides is 1. The van der Waals surface area contributed by atoms with Gasteiger partial charge >= 0.3 is 0 Å². The quantitative estimate of drug-likeness (QED) is 0.640. The van der Waals surface area contributed by atoms with Crippen LogP contribution in [-0.4, -0.2) is 26.4 Å². The molecule has 0 saturated carbocycles. The van der Waals surface area contributed by atoms with Crippen molar-refractivity contribution in [1.29, 1.82) is 0 Å². The molecule has 0 bridgehead atoms. The van der Waals surface area contributed by atoms with Crippen LogP contribution < -0.4 is 5.32 Å². The first kappa shape index (κ1) is 18.5. The highest BCUT2D eigenvalue weighted by Crippen LogP contribution is 2.22. The second-order valence-corrected chi connectivity index (χ2v) is 7.28. The molecule has 0 aliphatic rings. The van der Waals surface area contributed by atoms with Crippen LogP contribution in [0.15, 0.2) is 53.7 Å². The Labute approximate surface area is 161 Å². The van der Waals surface area contributed by atoms with Crippen molar-refractivity contribution in [3.8, 4) is 0 Å². The van der Waals surface area contributed by atoms with Gasteiger partial charge in [-0.25, -0.2) is 0 Å². The van der Waals surface area contributed by atoms with Crippen molar-refractivity contribution in [3.63, 3.8) is 0 Å². The van der Waals surface area contributed by atoms with Crippen molar-refractivity contribution in [2.24, 2.45) is 0 Å². The van der Waals surface area contributed by atoms with Crippen LogP contribution in [0.2, 0.25) is 5.02 Å². The van der Waals surface area contributed by atoms with E-state index in [-0.39, 0.29) is 11.7 Å². The fourth-order valence-electron chi connectivity index (χ4n) is 2.50. The molecule has 1 aromatic heterocycles. The van der Waals surface area contributed by atoms with E-state index >= 15 is 0 Å². The van der Waals surface area contributed by atoms with Crippen LogP contribution in [0.1, 0.15) is 17.0 Å². The number of nitrogens with zero attached hydrogens (tertiary/aromatic N) is 3. The topological polar surface area (TPSA) is 59.8 Å². The highest BCUT2D eigenvalue weighted by molar-refractivity contribution is 7.99. The monoisotopic (exact) mass is 386 g/mol. The van der Waals surface area contributed by atoms with Crippen LogP contribution in [-0.2, 0) is 11.3 Å². The molecule has 3 rings (SSSR count). The van der Waals surface area contributed by atoms with E-state index in [1.54, 1.807) is 6.07 Å². The summed E-state index contributed by atoms with van der Waals surface area (Å²) in [5, 5.41) is 12.6. The largest absolute Gasteiger partial charge is 0.325 e. The first-order chi connectivity index (χ1) is 12.5. The van der Waals surface area contributed by atoms with E-state index in [1.807, 2.05) is 48.7 Å². The number of aryl methyl sites for hydroxylation is 2. The highest BCUT2D eigenvalue weighted by atomic mass is 35.5. The fraction of sp³-hybridized carbons (Fsp3) is 0.211. The molecule has 3 aromatic rings. The first-order valence-corrected chi connectivity index (χ1v) is 9.52. The lowest BCUT2D eigenvalue weighted by molar-refractivity contribution is -0.113. The standard InChI is InChI=1S/C19H19ClN4OS/c1-13-10-16(20)8-9-17(13)21-18(25)12-26-19-23-22-14(2)24(19)11-15-6-4-3-5-7-15/h3-10H,11-12H2,1-2H3,(H,21,25). The summed E-state index contributed by atoms with van der Waals surface area (Å²) in [6.07, 6.45) is 0. The van der Waals surface area contributed by atoms with Crippen molar-refractivity contribution in [2.75, 3.05) is 11.1 Å². The van der Waals surface area contributed by atoms with Gasteiger partial charge in [-0.3, -0.25) is 4.79 Å². The molecule has 2 aromatic carbocycles. The number of anilines is 1. The van der Waals surface area contributed by atoms with Gasteiger partial charge in [-0.05, 0) is 43.2 Å². The lowest BCUT2D eigenvalue weighted by Crippen LogP contribution is -2.15. The van der Waals surface area contributed by atoms with Gasteiger partial charge in [0.05, 0.1) is 12.3 Å². The second kappa shape index (κ2) is 8.38. The maximum Gasteiger partial charge on any atom is 0.234 e. The second-order valence-electron chi connectivity index (χ2n) is 5.90. The van der Waals surface area contributed by atoms with E-state index in [1.165, 1.54) is 17.3 Å². The minimum atomic E-state index is -0.0904. The molecule has 5 nitrogen and oxygen atoms in total. The third kappa shape index (κ3) is 4.65. The van der Waals surface area contributed by atoms with Gasteiger partial charge in [0.2, 0.25) is 5.91 Å². The molecule has 0 aliphatic carbocycles. The smallest absolute Gasteiger partial charge is 0.234 e. The molecule has 0 saturated heterocycles. The molecular formula is C19H19ClN4OS. The molecule has 1 heterocycles. The van der Waals surface area contributed by atoms with E-state index in [4.69, 9.17) is 11.6 Å². The highest BCUT2D eigenvalue weighted by Gasteiger charge is 2.13. The maximum absolute atomic E-state index is 12.3. The number of hydrogen-bond acceptors (Lipinski definition) is 4. The van der Waals surface area contributed by atoms with Crippen molar-refractivity contribution in [2.45, 2.75) is 25.5 Å². The van der Waals surface area contributed by atoms with Crippen molar-refractivity contribution >= 4 is 35.0 Å². The van der Waals surface area contributed by atoms with Crippen LogP contribution in [0.5, 0.6) is 0 Å². The zero-order valence-corrected chi connectivity index (χ0v) is 16.1. The minimum Gasteiger partial charge on any atom is -0.325 e. The SMILES string of the molecule is Cc1cc(Cl)ccc1NC(=O)CSc1nnc(C)n1Cc1ccccc1. The first-order valence-electron chi connectivity index (χ1n) is 8.15. The number of aromatic nitrogens is 3. The maximum atomic E-state index is 12.3. The predicted octanol–water partition coefficient (Wildman–Crippen LogP) is 4.33. The van der Waals surface area contributed by atoms with Crippen molar-refractivity contribution in [1.82, 2.24) is 14.8 Å². The lowest BCUT2D eigenvalue weighted by atomic mass is 10.2. The molecule has 1 amide bonds. The molecule has 0 atom stereocenters. The van der Waals surface area contributed by atoms with E-state index in [2.05, 4.69) is 27.6 Å². The van der Waals surface area contributed by atoms with Crippen LogP contribution in [0.4, 0.5) is 5.69 Å². The van der Waals surface area contributed by atoms with Crippen LogP contribution in [0, 0.1) is 13.8 Å². The molecule has 26 heavy (non-hydrogen) atoms. The van der Waals surface area contributed by atoms with Crippen molar-refractivity contribution in [3.05, 3.63) is 70.5 Å². The molecule has 0 unspecified atom stereocenters.